The highest BCUT2D eigenvalue weighted by Gasteiger charge is 2.30. The summed E-state index contributed by atoms with van der Waals surface area (Å²) in [5, 5.41) is 13.4. The number of nitro benzene ring substituents is 1. The lowest BCUT2D eigenvalue weighted by atomic mass is 10.1. The molecule has 0 unspecified atom stereocenters. The van der Waals surface area contributed by atoms with Crippen LogP contribution in [0, 0.1) is 24.0 Å². The second kappa shape index (κ2) is 8.07. The number of carbonyl (C=O) groups excluding carboxylic acids is 2. The number of rotatable bonds is 5. The third kappa shape index (κ3) is 4.84. The molecule has 0 radical (unpaired) electrons. The number of aryl methyl sites for hydroxylation is 1. The summed E-state index contributed by atoms with van der Waals surface area (Å²) in [6.45, 7) is 2.54. The number of nitrogens with zero attached hydrogens (tertiary/aromatic N) is 1. The quantitative estimate of drug-likeness (QED) is 0.467. The molecule has 2 aromatic carbocycles. The van der Waals surface area contributed by atoms with Gasteiger partial charge in [-0.3, -0.25) is 14.9 Å². The Hall–Kier alpha value is -3.43. The molecule has 0 aliphatic rings. The number of nitro groups is 1. The van der Waals surface area contributed by atoms with Crippen molar-refractivity contribution in [3.63, 3.8) is 0 Å². The van der Waals surface area contributed by atoms with E-state index in [2.05, 4.69) is 5.32 Å². The Kier molecular flexibility index (Phi) is 6.02. The zero-order chi connectivity index (χ0) is 21.1. The van der Waals surface area contributed by atoms with Crippen LogP contribution in [0.4, 0.5) is 24.5 Å². The van der Waals surface area contributed by atoms with E-state index in [9.17, 15) is 32.9 Å². The number of carbonyl (C=O) groups is 2. The highest BCUT2D eigenvalue weighted by Crippen LogP contribution is 2.30. The zero-order valence-corrected chi connectivity index (χ0v) is 14.8. The Morgan fingerprint density at radius 1 is 1.11 bits per heavy atom. The van der Waals surface area contributed by atoms with Gasteiger partial charge in [0.25, 0.3) is 11.6 Å². The second-order valence-electron chi connectivity index (χ2n) is 5.86. The van der Waals surface area contributed by atoms with E-state index >= 15 is 0 Å². The molecule has 1 N–H and O–H groups in total. The van der Waals surface area contributed by atoms with Crippen molar-refractivity contribution in [3.05, 3.63) is 68.8 Å². The Balaban J connectivity index is 2.04. The van der Waals surface area contributed by atoms with Crippen molar-refractivity contribution in [2.75, 3.05) is 11.9 Å². The van der Waals surface area contributed by atoms with Gasteiger partial charge in [-0.2, -0.15) is 13.2 Å². The average molecular weight is 396 g/mol. The van der Waals surface area contributed by atoms with Crippen LogP contribution >= 0.6 is 0 Å². The molecule has 0 fully saturated rings. The Morgan fingerprint density at radius 2 is 1.71 bits per heavy atom. The minimum Gasteiger partial charge on any atom is -0.452 e. The molecular formula is C18H15F3N2O5. The maximum absolute atomic E-state index is 12.5. The number of anilines is 1. The standard InChI is InChI=1S/C18H15F3N2O5/c1-10-3-8-14(23(26)27)16(11(10)2)22-15(24)9-28-17(25)12-4-6-13(7-5-12)18(19,20)21/h3-8H,9H2,1-2H3,(H,22,24). The Labute approximate surface area is 157 Å². The summed E-state index contributed by atoms with van der Waals surface area (Å²) in [4.78, 5) is 34.3. The number of amides is 1. The van der Waals surface area contributed by atoms with Crippen molar-refractivity contribution in [2.24, 2.45) is 0 Å². The van der Waals surface area contributed by atoms with E-state index in [1.165, 1.54) is 12.1 Å². The van der Waals surface area contributed by atoms with Gasteiger partial charge < -0.3 is 10.1 Å². The first-order chi connectivity index (χ1) is 13.0. The highest BCUT2D eigenvalue weighted by molar-refractivity contribution is 5.97. The number of nitrogens with one attached hydrogen (secondary N) is 1. The number of alkyl halides is 3. The SMILES string of the molecule is Cc1ccc([N+](=O)[O-])c(NC(=O)COC(=O)c2ccc(C(F)(F)F)cc2)c1C. The van der Waals surface area contributed by atoms with Gasteiger partial charge in [0.1, 0.15) is 5.69 Å². The van der Waals surface area contributed by atoms with Gasteiger partial charge in [0, 0.05) is 6.07 Å². The van der Waals surface area contributed by atoms with E-state index < -0.39 is 35.1 Å². The van der Waals surface area contributed by atoms with Crippen molar-refractivity contribution in [1.29, 1.82) is 0 Å². The lowest BCUT2D eigenvalue weighted by Gasteiger charge is -2.11. The predicted molar refractivity (Wildman–Crippen MR) is 92.9 cm³/mol. The van der Waals surface area contributed by atoms with E-state index in [0.717, 1.165) is 24.3 Å². The summed E-state index contributed by atoms with van der Waals surface area (Å²) in [6, 6.07) is 6.07. The first-order valence-corrected chi connectivity index (χ1v) is 7.89. The summed E-state index contributed by atoms with van der Waals surface area (Å²) in [6.07, 6.45) is -4.54. The van der Waals surface area contributed by atoms with Crippen LogP contribution in [0.25, 0.3) is 0 Å². The van der Waals surface area contributed by atoms with Gasteiger partial charge in [0.05, 0.1) is 16.1 Å². The molecular weight excluding hydrogens is 381 g/mol. The van der Waals surface area contributed by atoms with E-state index in [0.29, 0.717) is 11.1 Å². The highest BCUT2D eigenvalue weighted by atomic mass is 19.4. The monoisotopic (exact) mass is 396 g/mol. The molecule has 0 aliphatic carbocycles. The number of hydrogen-bond acceptors (Lipinski definition) is 5. The van der Waals surface area contributed by atoms with Gasteiger partial charge in [0.2, 0.25) is 0 Å². The molecule has 0 atom stereocenters. The zero-order valence-electron chi connectivity index (χ0n) is 14.8. The third-order valence-electron chi connectivity index (χ3n) is 3.96. The predicted octanol–water partition coefficient (Wildman–Crippen LogP) is 4.03. The molecule has 2 rings (SSSR count). The van der Waals surface area contributed by atoms with Gasteiger partial charge in [-0.15, -0.1) is 0 Å². The lowest BCUT2D eigenvalue weighted by Crippen LogP contribution is -2.22. The Bertz CT molecular complexity index is 924. The fourth-order valence-electron chi connectivity index (χ4n) is 2.30. The molecule has 1 amide bonds. The number of benzene rings is 2. The van der Waals surface area contributed by atoms with Crippen molar-refractivity contribution >= 4 is 23.3 Å². The maximum atomic E-state index is 12.5. The fraction of sp³-hybridized carbons (Fsp3) is 0.222. The van der Waals surface area contributed by atoms with Gasteiger partial charge in [-0.05, 0) is 49.2 Å². The summed E-state index contributed by atoms with van der Waals surface area (Å²) in [5.41, 5.74) is -0.229. The van der Waals surface area contributed by atoms with Gasteiger partial charge in [0.15, 0.2) is 6.61 Å². The number of esters is 1. The van der Waals surface area contributed by atoms with Crippen molar-refractivity contribution in [1.82, 2.24) is 0 Å². The van der Waals surface area contributed by atoms with E-state index in [-0.39, 0.29) is 16.9 Å². The molecule has 0 aliphatic heterocycles. The maximum Gasteiger partial charge on any atom is 0.416 e. The van der Waals surface area contributed by atoms with Crippen molar-refractivity contribution < 1.29 is 32.4 Å². The molecule has 0 bridgehead atoms. The smallest absolute Gasteiger partial charge is 0.416 e. The molecule has 7 nitrogen and oxygen atoms in total. The molecule has 0 heterocycles. The van der Waals surface area contributed by atoms with Gasteiger partial charge >= 0.3 is 12.1 Å². The van der Waals surface area contributed by atoms with Crippen LogP contribution in [-0.4, -0.2) is 23.4 Å². The second-order valence-corrected chi connectivity index (χ2v) is 5.86. The minimum atomic E-state index is -4.54. The van der Waals surface area contributed by atoms with E-state index in [1.807, 2.05) is 0 Å². The summed E-state index contributed by atoms with van der Waals surface area (Å²) in [7, 11) is 0. The van der Waals surface area contributed by atoms with E-state index in [1.54, 1.807) is 13.8 Å². The number of ether oxygens (including phenoxy) is 1. The Morgan fingerprint density at radius 3 is 2.25 bits per heavy atom. The lowest BCUT2D eigenvalue weighted by molar-refractivity contribution is -0.384. The normalized spacial score (nSPS) is 11.0. The molecule has 28 heavy (non-hydrogen) atoms. The third-order valence-corrected chi connectivity index (χ3v) is 3.96. The molecule has 0 aromatic heterocycles. The average Bonchev–Trinajstić information content (AvgIpc) is 2.62. The minimum absolute atomic E-state index is 0.0134. The van der Waals surface area contributed by atoms with E-state index in [4.69, 9.17) is 4.74 Å². The van der Waals surface area contributed by atoms with Crippen LogP contribution in [0.1, 0.15) is 27.0 Å². The fourth-order valence-corrected chi connectivity index (χ4v) is 2.30. The first kappa shape index (κ1) is 20.9. The van der Waals surface area contributed by atoms with Crippen LogP contribution in [0.2, 0.25) is 0 Å². The van der Waals surface area contributed by atoms with Crippen LogP contribution in [0.15, 0.2) is 36.4 Å². The van der Waals surface area contributed by atoms with Crippen LogP contribution in [-0.2, 0) is 15.7 Å². The van der Waals surface area contributed by atoms with Crippen molar-refractivity contribution in [3.8, 4) is 0 Å². The molecule has 10 heteroatoms. The first-order valence-electron chi connectivity index (χ1n) is 7.89. The van der Waals surface area contributed by atoms with Crippen LogP contribution in [0.3, 0.4) is 0 Å². The van der Waals surface area contributed by atoms with Gasteiger partial charge in [-0.1, -0.05) is 6.07 Å². The number of halogens is 3. The summed E-state index contributed by atoms with van der Waals surface area (Å²) >= 11 is 0. The molecule has 0 saturated carbocycles. The summed E-state index contributed by atoms with van der Waals surface area (Å²) < 4.78 is 42.3. The molecule has 148 valence electrons. The summed E-state index contributed by atoms with van der Waals surface area (Å²) in [5.74, 6) is -1.82. The largest absolute Gasteiger partial charge is 0.452 e. The van der Waals surface area contributed by atoms with Crippen molar-refractivity contribution in [2.45, 2.75) is 20.0 Å². The van der Waals surface area contributed by atoms with Gasteiger partial charge in [-0.25, -0.2) is 4.79 Å². The van der Waals surface area contributed by atoms with Crippen LogP contribution < -0.4 is 5.32 Å². The van der Waals surface area contributed by atoms with Crippen LogP contribution in [0.5, 0.6) is 0 Å². The molecule has 0 spiro atoms. The molecule has 2 aromatic rings. The molecule has 0 saturated heterocycles. The topological polar surface area (TPSA) is 98.5 Å². The number of hydrogen-bond donors (Lipinski definition) is 1.